The number of methoxy groups -OCH3 is 1. The first-order chi connectivity index (χ1) is 13.5. The van der Waals surface area contributed by atoms with E-state index in [1.807, 2.05) is 24.3 Å². The Morgan fingerprint density at radius 3 is 2.86 bits per heavy atom. The van der Waals surface area contributed by atoms with Crippen molar-refractivity contribution in [2.75, 3.05) is 18.6 Å². The number of hydrogen-bond donors (Lipinski definition) is 1. The molecule has 0 bridgehead atoms. The molecule has 1 fully saturated rings. The van der Waals surface area contributed by atoms with Gasteiger partial charge in [0.25, 0.3) is 0 Å². The number of halogens is 2. The molecule has 0 saturated heterocycles. The van der Waals surface area contributed by atoms with Crippen molar-refractivity contribution >= 4 is 33.3 Å². The molecule has 1 saturated carbocycles. The average molecular weight is 465 g/mol. The molecule has 0 amide bonds. The number of rotatable bonds is 4. The third-order valence-corrected chi connectivity index (χ3v) is 6.87. The monoisotopic (exact) mass is 463 g/mol. The lowest BCUT2D eigenvalue weighted by Gasteiger charge is -2.26. The van der Waals surface area contributed by atoms with Crippen LogP contribution < -0.4 is 9.64 Å². The first-order valence-corrected chi connectivity index (χ1v) is 10.1. The maximum atomic E-state index is 10.5. The van der Waals surface area contributed by atoms with Gasteiger partial charge in [0.2, 0.25) is 0 Å². The van der Waals surface area contributed by atoms with E-state index in [9.17, 15) is 5.11 Å². The Kier molecular flexibility index (Phi) is 5.14. The molecule has 1 N–H and O–H groups in total. The Morgan fingerprint density at radius 1 is 1.43 bits per heavy atom. The first-order valence-electron chi connectivity index (χ1n) is 8.92. The van der Waals surface area contributed by atoms with Crippen LogP contribution in [0, 0.1) is 0 Å². The summed E-state index contributed by atoms with van der Waals surface area (Å²) in [6.45, 7) is 1.32. The van der Waals surface area contributed by atoms with Gasteiger partial charge in [-0.1, -0.05) is 28.8 Å². The molecule has 1 aromatic heterocycles. The zero-order chi connectivity index (χ0) is 19.9. The number of aromatic nitrogens is 1. The van der Waals surface area contributed by atoms with Crippen molar-refractivity contribution in [3.8, 4) is 5.75 Å². The number of benzene rings is 1. The first kappa shape index (κ1) is 19.3. The fraction of sp³-hybridized carbons (Fsp3) is 0.421. The van der Waals surface area contributed by atoms with Gasteiger partial charge in [0.15, 0.2) is 0 Å². The molecule has 1 aliphatic carbocycles. The molecule has 1 aromatic carbocycles. The Labute approximate surface area is 176 Å². The van der Waals surface area contributed by atoms with Gasteiger partial charge in [0.1, 0.15) is 11.6 Å². The predicted octanol–water partition coefficient (Wildman–Crippen LogP) is 4.60. The summed E-state index contributed by atoms with van der Waals surface area (Å²) in [4.78, 5) is 9.72. The second-order valence-corrected chi connectivity index (χ2v) is 8.58. The highest BCUT2D eigenvalue weighted by molar-refractivity contribution is 9.10. The summed E-state index contributed by atoms with van der Waals surface area (Å²) in [5, 5.41) is 14.9. The quantitative estimate of drug-likeness (QED) is 0.406. The SMILES string of the molecule is COc1ccc(CN2CC3(CC(O)C(N=[N+]=[N-])C3)c3c2ncc(Br)c3Cl)cc1. The number of hydrogen-bond acceptors (Lipinski definition) is 5. The molecule has 2 heterocycles. The van der Waals surface area contributed by atoms with Crippen LogP contribution in [0.25, 0.3) is 10.4 Å². The van der Waals surface area contributed by atoms with Crippen LogP contribution in [0.3, 0.4) is 0 Å². The van der Waals surface area contributed by atoms with E-state index in [0.29, 0.717) is 31.0 Å². The molecule has 146 valence electrons. The van der Waals surface area contributed by atoms with Crippen molar-refractivity contribution in [3.63, 3.8) is 0 Å². The molecule has 0 radical (unpaired) electrons. The minimum Gasteiger partial charge on any atom is -0.497 e. The van der Waals surface area contributed by atoms with Crippen LogP contribution in [0.1, 0.15) is 24.0 Å². The molecule has 2 aliphatic rings. The van der Waals surface area contributed by atoms with Gasteiger partial charge in [-0.15, -0.1) is 0 Å². The van der Waals surface area contributed by atoms with Crippen LogP contribution in [-0.4, -0.2) is 35.9 Å². The van der Waals surface area contributed by atoms with Crippen molar-refractivity contribution in [1.29, 1.82) is 0 Å². The highest BCUT2D eigenvalue weighted by atomic mass is 79.9. The predicted molar refractivity (Wildman–Crippen MR) is 111 cm³/mol. The summed E-state index contributed by atoms with van der Waals surface area (Å²) >= 11 is 10.1. The largest absolute Gasteiger partial charge is 0.497 e. The second kappa shape index (κ2) is 7.44. The molecular weight excluding hydrogens is 446 g/mol. The highest BCUT2D eigenvalue weighted by Gasteiger charge is 2.53. The van der Waals surface area contributed by atoms with E-state index >= 15 is 0 Å². The maximum absolute atomic E-state index is 10.5. The fourth-order valence-corrected chi connectivity index (χ4v) is 5.08. The van der Waals surface area contributed by atoms with Crippen LogP contribution in [0.2, 0.25) is 5.02 Å². The lowest BCUT2D eigenvalue weighted by Crippen LogP contribution is -2.32. The zero-order valence-corrected chi connectivity index (χ0v) is 17.6. The second-order valence-electron chi connectivity index (χ2n) is 7.35. The van der Waals surface area contributed by atoms with E-state index < -0.39 is 17.6 Å². The molecule has 9 heteroatoms. The van der Waals surface area contributed by atoms with E-state index in [1.54, 1.807) is 13.3 Å². The van der Waals surface area contributed by atoms with Crippen LogP contribution in [0.5, 0.6) is 5.75 Å². The highest BCUT2D eigenvalue weighted by Crippen LogP contribution is 2.54. The van der Waals surface area contributed by atoms with Gasteiger partial charge in [0, 0.05) is 35.2 Å². The van der Waals surface area contributed by atoms with E-state index in [4.69, 9.17) is 21.9 Å². The summed E-state index contributed by atoms with van der Waals surface area (Å²) < 4.78 is 5.95. The minimum atomic E-state index is -0.695. The molecule has 1 spiro atoms. The number of anilines is 1. The van der Waals surface area contributed by atoms with Crippen molar-refractivity contribution in [2.45, 2.75) is 36.9 Å². The Hall–Kier alpha value is -1.99. The molecule has 2 aromatic rings. The number of aliphatic hydroxyl groups is 1. The summed E-state index contributed by atoms with van der Waals surface area (Å²) in [5.41, 5.74) is 10.5. The molecule has 3 atom stereocenters. The van der Waals surface area contributed by atoms with Gasteiger partial charge in [-0.05, 0) is 52.0 Å². The number of pyridine rings is 1. The number of fused-ring (bicyclic) bond motifs is 2. The van der Waals surface area contributed by atoms with Crippen molar-refractivity contribution < 1.29 is 9.84 Å². The third kappa shape index (κ3) is 3.20. The van der Waals surface area contributed by atoms with Crippen LogP contribution in [-0.2, 0) is 12.0 Å². The summed E-state index contributed by atoms with van der Waals surface area (Å²) in [5.74, 6) is 1.63. The van der Waals surface area contributed by atoms with Crippen LogP contribution in [0.15, 0.2) is 40.0 Å². The lowest BCUT2D eigenvalue weighted by atomic mass is 9.81. The van der Waals surface area contributed by atoms with E-state index in [0.717, 1.165) is 27.2 Å². The summed E-state index contributed by atoms with van der Waals surface area (Å²) in [7, 11) is 1.64. The van der Waals surface area contributed by atoms with Gasteiger partial charge in [-0.3, -0.25) is 0 Å². The van der Waals surface area contributed by atoms with E-state index in [2.05, 4.69) is 35.8 Å². The summed E-state index contributed by atoms with van der Waals surface area (Å²) in [6, 6.07) is 7.45. The number of ether oxygens (including phenoxy) is 1. The molecule has 4 rings (SSSR count). The molecule has 7 nitrogen and oxygen atoms in total. The van der Waals surface area contributed by atoms with Gasteiger partial charge < -0.3 is 14.7 Å². The molecule has 1 aliphatic heterocycles. The molecule has 28 heavy (non-hydrogen) atoms. The Balaban J connectivity index is 1.72. The maximum Gasteiger partial charge on any atom is 0.134 e. The lowest BCUT2D eigenvalue weighted by molar-refractivity contribution is 0.159. The smallest absolute Gasteiger partial charge is 0.134 e. The fourth-order valence-electron chi connectivity index (χ4n) is 4.44. The standard InChI is InChI=1S/C19H19BrClN5O2/c1-28-12-4-2-11(3-5-12)9-26-10-19(6-14(24-25-22)15(27)7-19)16-17(21)13(20)8-23-18(16)26/h2-5,8,14-15,27H,6-7,9-10H2,1H3. The van der Waals surface area contributed by atoms with Crippen molar-refractivity contribution in [3.05, 3.63) is 61.5 Å². The number of nitrogens with zero attached hydrogens (tertiary/aromatic N) is 5. The van der Waals surface area contributed by atoms with Gasteiger partial charge in [-0.2, -0.15) is 0 Å². The van der Waals surface area contributed by atoms with Crippen molar-refractivity contribution in [2.24, 2.45) is 5.11 Å². The summed E-state index contributed by atoms with van der Waals surface area (Å²) in [6.07, 6.45) is 2.04. The zero-order valence-electron chi connectivity index (χ0n) is 15.2. The van der Waals surface area contributed by atoms with Crippen LogP contribution >= 0.6 is 27.5 Å². The van der Waals surface area contributed by atoms with Crippen molar-refractivity contribution in [1.82, 2.24) is 4.98 Å². The third-order valence-electron chi connectivity index (χ3n) is 5.65. The van der Waals surface area contributed by atoms with E-state index in [-0.39, 0.29) is 0 Å². The molecular formula is C19H19BrClN5O2. The Bertz CT molecular complexity index is 950. The number of azide groups is 1. The Morgan fingerprint density at radius 2 is 2.18 bits per heavy atom. The van der Waals surface area contributed by atoms with Gasteiger partial charge >= 0.3 is 0 Å². The number of aliphatic hydroxyl groups excluding tert-OH is 1. The minimum absolute atomic E-state index is 0.395. The van der Waals surface area contributed by atoms with E-state index in [1.165, 1.54) is 0 Å². The topological polar surface area (TPSA) is 94.4 Å². The van der Waals surface area contributed by atoms with Gasteiger partial charge in [0.05, 0.1) is 28.8 Å². The normalized spacial score (nSPS) is 25.6. The van der Waals surface area contributed by atoms with Gasteiger partial charge in [-0.25, -0.2) is 4.98 Å². The molecule has 3 unspecified atom stereocenters. The average Bonchev–Trinajstić information content (AvgIpc) is 3.15. The van der Waals surface area contributed by atoms with Crippen LogP contribution in [0.4, 0.5) is 5.82 Å².